The van der Waals surface area contributed by atoms with E-state index in [1.54, 1.807) is 26.0 Å². The Morgan fingerprint density at radius 2 is 1.95 bits per heavy atom. The van der Waals surface area contributed by atoms with Gasteiger partial charge in [0.15, 0.2) is 0 Å². The molecule has 106 valence electrons. The van der Waals surface area contributed by atoms with E-state index in [2.05, 4.69) is 0 Å². The van der Waals surface area contributed by atoms with E-state index in [1.165, 1.54) is 7.05 Å². The van der Waals surface area contributed by atoms with Crippen LogP contribution in [0.2, 0.25) is 0 Å². The van der Waals surface area contributed by atoms with Gasteiger partial charge < -0.3 is 4.74 Å². The van der Waals surface area contributed by atoms with Crippen molar-refractivity contribution in [2.24, 2.45) is 0 Å². The monoisotopic (exact) mass is 275 g/mol. The fourth-order valence-electron chi connectivity index (χ4n) is 2.40. The molecule has 0 saturated heterocycles. The van der Waals surface area contributed by atoms with Crippen LogP contribution in [0.4, 0.5) is 0 Å². The fourth-order valence-corrected chi connectivity index (χ4v) is 2.40. The van der Waals surface area contributed by atoms with Crippen LogP contribution in [0.15, 0.2) is 12.1 Å². The number of ether oxygens (including phenoxy) is 1. The van der Waals surface area contributed by atoms with Gasteiger partial charge in [0.1, 0.15) is 0 Å². The minimum Gasteiger partial charge on any atom is -0.466 e. The van der Waals surface area contributed by atoms with Crippen molar-refractivity contribution in [3.63, 3.8) is 0 Å². The van der Waals surface area contributed by atoms with E-state index < -0.39 is 11.9 Å². The van der Waals surface area contributed by atoms with Gasteiger partial charge in [-0.25, -0.2) is 0 Å². The smallest absolute Gasteiger partial charge is 0.313 e. The van der Waals surface area contributed by atoms with Crippen LogP contribution in [0.5, 0.6) is 0 Å². The number of carbonyl (C=O) groups excluding carboxylic acids is 3. The lowest BCUT2D eigenvalue weighted by molar-refractivity contribution is -0.144. The molecule has 5 heteroatoms. The Hall–Kier alpha value is -2.17. The number of carbonyl (C=O) groups is 3. The molecule has 1 aliphatic heterocycles. The Morgan fingerprint density at radius 3 is 2.55 bits per heavy atom. The first-order valence-corrected chi connectivity index (χ1v) is 6.52. The summed E-state index contributed by atoms with van der Waals surface area (Å²) in [4.78, 5) is 37.2. The van der Waals surface area contributed by atoms with Gasteiger partial charge >= 0.3 is 5.97 Å². The lowest BCUT2D eigenvalue weighted by Gasteiger charge is -2.14. The highest BCUT2D eigenvalue weighted by molar-refractivity contribution is 6.22. The number of rotatable bonds is 3. The zero-order chi connectivity index (χ0) is 15.0. The van der Waals surface area contributed by atoms with Gasteiger partial charge in [0, 0.05) is 7.05 Å². The molecule has 5 nitrogen and oxygen atoms in total. The number of hydrogen-bond acceptors (Lipinski definition) is 4. The summed E-state index contributed by atoms with van der Waals surface area (Å²) in [5.74, 6) is -1.66. The van der Waals surface area contributed by atoms with E-state index in [-0.39, 0.29) is 18.4 Å². The van der Waals surface area contributed by atoms with Crippen LogP contribution in [0.3, 0.4) is 0 Å². The molecule has 1 aromatic carbocycles. The summed E-state index contributed by atoms with van der Waals surface area (Å²) in [6.07, 6.45) is 0. The van der Waals surface area contributed by atoms with E-state index in [9.17, 15) is 14.4 Å². The fraction of sp³-hybridized carbons (Fsp3) is 0.400. The molecular weight excluding hydrogens is 258 g/mol. The lowest BCUT2D eigenvalue weighted by Crippen LogP contribution is -2.25. The topological polar surface area (TPSA) is 63.7 Å². The molecule has 0 aliphatic carbocycles. The van der Waals surface area contributed by atoms with Crippen LogP contribution in [0, 0.1) is 6.92 Å². The summed E-state index contributed by atoms with van der Waals surface area (Å²) >= 11 is 0. The summed E-state index contributed by atoms with van der Waals surface area (Å²) in [7, 11) is 1.44. The summed E-state index contributed by atoms with van der Waals surface area (Å²) in [6, 6.07) is 3.45. The normalized spacial score (nSPS) is 15.3. The van der Waals surface area contributed by atoms with Gasteiger partial charge in [-0.3, -0.25) is 19.3 Å². The number of benzene rings is 1. The quantitative estimate of drug-likeness (QED) is 0.624. The second kappa shape index (κ2) is 5.07. The molecule has 0 radical (unpaired) electrons. The lowest BCUT2D eigenvalue weighted by atomic mass is 9.91. The first kappa shape index (κ1) is 14.2. The highest BCUT2D eigenvalue weighted by Crippen LogP contribution is 2.31. The number of imide groups is 1. The van der Waals surface area contributed by atoms with E-state index in [0.717, 1.165) is 10.5 Å². The molecule has 2 rings (SSSR count). The largest absolute Gasteiger partial charge is 0.466 e. The van der Waals surface area contributed by atoms with Crippen molar-refractivity contribution in [2.45, 2.75) is 26.7 Å². The Labute approximate surface area is 117 Å². The minimum atomic E-state index is -0.577. The Morgan fingerprint density at radius 1 is 1.30 bits per heavy atom. The highest BCUT2D eigenvalue weighted by Gasteiger charge is 2.37. The van der Waals surface area contributed by atoms with Crippen molar-refractivity contribution in [3.8, 4) is 0 Å². The molecule has 0 saturated carbocycles. The molecule has 0 N–H and O–H groups in total. The summed E-state index contributed by atoms with van der Waals surface area (Å²) in [5, 5.41) is 0. The van der Waals surface area contributed by atoms with E-state index >= 15 is 0 Å². The third-order valence-corrected chi connectivity index (χ3v) is 3.47. The van der Waals surface area contributed by atoms with Crippen LogP contribution in [-0.4, -0.2) is 36.3 Å². The molecule has 2 amide bonds. The Kier molecular flexibility index (Phi) is 3.61. The number of nitrogens with zero attached hydrogens (tertiary/aromatic N) is 1. The summed E-state index contributed by atoms with van der Waals surface area (Å²) in [6.45, 7) is 5.53. The molecule has 0 bridgehead atoms. The zero-order valence-corrected chi connectivity index (χ0v) is 12.0. The molecule has 0 spiro atoms. The van der Waals surface area contributed by atoms with Crippen molar-refractivity contribution in [2.75, 3.05) is 13.7 Å². The predicted molar refractivity (Wildman–Crippen MR) is 72.7 cm³/mol. The van der Waals surface area contributed by atoms with Gasteiger partial charge in [-0.2, -0.15) is 0 Å². The van der Waals surface area contributed by atoms with Crippen LogP contribution in [0.25, 0.3) is 0 Å². The van der Waals surface area contributed by atoms with Gasteiger partial charge in [0.25, 0.3) is 11.8 Å². The SMILES string of the molecule is CCOC(=O)C(C)c1cc(C)cc2c1C(=O)N(C)C2=O. The summed E-state index contributed by atoms with van der Waals surface area (Å²) < 4.78 is 5.00. The molecule has 1 aliphatic rings. The average molecular weight is 275 g/mol. The second-order valence-electron chi connectivity index (χ2n) is 4.92. The van der Waals surface area contributed by atoms with Crippen molar-refractivity contribution in [1.82, 2.24) is 4.90 Å². The van der Waals surface area contributed by atoms with Crippen LogP contribution in [0.1, 0.15) is 51.6 Å². The van der Waals surface area contributed by atoms with Crippen LogP contribution in [-0.2, 0) is 9.53 Å². The van der Waals surface area contributed by atoms with Gasteiger partial charge in [0.2, 0.25) is 0 Å². The maximum Gasteiger partial charge on any atom is 0.313 e. The minimum absolute atomic E-state index is 0.282. The number of aryl methyl sites for hydroxylation is 1. The Bertz CT molecular complexity index is 606. The molecular formula is C15H17NO4. The first-order chi connectivity index (χ1) is 9.38. The predicted octanol–water partition coefficient (Wildman–Crippen LogP) is 1.89. The average Bonchev–Trinajstić information content (AvgIpc) is 2.62. The van der Waals surface area contributed by atoms with Crippen LogP contribution < -0.4 is 0 Å². The standard InChI is InChI=1S/C15H17NO4/c1-5-20-15(19)9(3)10-6-8(2)7-11-12(10)14(18)16(4)13(11)17/h6-7,9H,5H2,1-4H3. The van der Waals surface area contributed by atoms with Gasteiger partial charge in [-0.15, -0.1) is 0 Å². The van der Waals surface area contributed by atoms with E-state index in [0.29, 0.717) is 16.7 Å². The maximum absolute atomic E-state index is 12.2. The number of amides is 2. The number of hydrogen-bond donors (Lipinski definition) is 0. The third-order valence-electron chi connectivity index (χ3n) is 3.47. The molecule has 1 unspecified atom stereocenters. The molecule has 0 fully saturated rings. The summed E-state index contributed by atoms with van der Waals surface area (Å²) in [5.41, 5.74) is 2.08. The van der Waals surface area contributed by atoms with E-state index in [1.807, 2.05) is 6.92 Å². The van der Waals surface area contributed by atoms with Crippen molar-refractivity contribution in [3.05, 3.63) is 34.4 Å². The number of fused-ring (bicyclic) bond motifs is 1. The van der Waals surface area contributed by atoms with E-state index in [4.69, 9.17) is 4.74 Å². The highest BCUT2D eigenvalue weighted by atomic mass is 16.5. The van der Waals surface area contributed by atoms with Crippen molar-refractivity contribution < 1.29 is 19.1 Å². The van der Waals surface area contributed by atoms with Gasteiger partial charge in [-0.05, 0) is 38.0 Å². The van der Waals surface area contributed by atoms with Crippen molar-refractivity contribution in [1.29, 1.82) is 0 Å². The maximum atomic E-state index is 12.2. The van der Waals surface area contributed by atoms with Gasteiger partial charge in [-0.1, -0.05) is 6.07 Å². The molecule has 20 heavy (non-hydrogen) atoms. The molecule has 1 aromatic rings. The molecule has 1 atom stereocenters. The molecule has 1 heterocycles. The molecule has 0 aromatic heterocycles. The first-order valence-electron chi connectivity index (χ1n) is 6.52. The number of esters is 1. The third kappa shape index (κ3) is 2.09. The zero-order valence-electron chi connectivity index (χ0n) is 12.0. The van der Waals surface area contributed by atoms with Crippen LogP contribution >= 0.6 is 0 Å². The second-order valence-corrected chi connectivity index (χ2v) is 4.92. The Balaban J connectivity index is 2.57. The van der Waals surface area contributed by atoms with Gasteiger partial charge in [0.05, 0.1) is 23.7 Å². The van der Waals surface area contributed by atoms with Crippen molar-refractivity contribution >= 4 is 17.8 Å².